The zero-order valence-electron chi connectivity index (χ0n) is 16.1. The number of hydrogen-bond donors (Lipinski definition) is 1. The standard InChI is InChI=1S/C20H32N4O2/c1-3-15-6-4-5-10-23(15)18(25)14-24-16-7-8-17(24)13-20(26,12-16)19-21-9-11-22(19)2/h9,11,15-17,26H,3-8,10,12-14H2,1-2H3/t15-,16-,17-/m1/s1. The van der Waals surface area contributed by atoms with Crippen LogP contribution >= 0.6 is 0 Å². The van der Waals surface area contributed by atoms with Crippen LogP contribution in [-0.2, 0) is 17.4 Å². The van der Waals surface area contributed by atoms with Crippen molar-refractivity contribution in [3.63, 3.8) is 0 Å². The van der Waals surface area contributed by atoms with Gasteiger partial charge in [-0.25, -0.2) is 4.98 Å². The summed E-state index contributed by atoms with van der Waals surface area (Å²) in [6.07, 6.45) is 11.7. The van der Waals surface area contributed by atoms with Gasteiger partial charge in [0.15, 0.2) is 0 Å². The Kier molecular flexibility index (Phi) is 4.82. The smallest absolute Gasteiger partial charge is 0.237 e. The molecule has 3 aliphatic rings. The van der Waals surface area contributed by atoms with Gasteiger partial charge in [0, 0.05) is 44.1 Å². The summed E-state index contributed by atoms with van der Waals surface area (Å²) in [5.41, 5.74) is -0.860. The Morgan fingerprint density at radius 1 is 1.27 bits per heavy atom. The summed E-state index contributed by atoms with van der Waals surface area (Å²) in [5.74, 6) is 1.05. The molecule has 4 heterocycles. The second kappa shape index (κ2) is 6.97. The Morgan fingerprint density at radius 3 is 2.62 bits per heavy atom. The summed E-state index contributed by atoms with van der Waals surface area (Å²) in [7, 11) is 1.94. The lowest BCUT2D eigenvalue weighted by molar-refractivity contribution is -0.139. The number of likely N-dealkylation sites (tertiary alicyclic amines) is 1. The van der Waals surface area contributed by atoms with Crippen LogP contribution in [0.2, 0.25) is 0 Å². The van der Waals surface area contributed by atoms with Crippen LogP contribution in [0.15, 0.2) is 12.4 Å². The van der Waals surface area contributed by atoms with Gasteiger partial charge in [0.05, 0.1) is 6.54 Å². The molecule has 0 radical (unpaired) electrons. The van der Waals surface area contributed by atoms with E-state index in [4.69, 9.17) is 0 Å². The number of carbonyl (C=O) groups excluding carboxylic acids is 1. The van der Waals surface area contributed by atoms with Crippen molar-refractivity contribution in [3.05, 3.63) is 18.2 Å². The molecule has 0 unspecified atom stereocenters. The molecule has 1 aromatic rings. The van der Waals surface area contributed by atoms with Crippen LogP contribution in [0, 0.1) is 0 Å². The quantitative estimate of drug-likeness (QED) is 0.892. The molecule has 3 atom stereocenters. The lowest BCUT2D eigenvalue weighted by Gasteiger charge is -2.44. The number of carbonyl (C=O) groups is 1. The minimum absolute atomic E-state index is 0.282. The topological polar surface area (TPSA) is 61.6 Å². The molecule has 4 rings (SSSR count). The molecular formula is C20H32N4O2. The summed E-state index contributed by atoms with van der Waals surface area (Å²) in [6.45, 7) is 3.62. The minimum atomic E-state index is -0.860. The van der Waals surface area contributed by atoms with Gasteiger partial charge in [-0.2, -0.15) is 0 Å². The molecule has 1 amide bonds. The van der Waals surface area contributed by atoms with Crippen molar-refractivity contribution in [2.75, 3.05) is 13.1 Å². The van der Waals surface area contributed by atoms with E-state index in [1.807, 2.05) is 17.8 Å². The molecule has 0 spiro atoms. The Bertz CT molecular complexity index is 644. The first-order chi connectivity index (χ1) is 12.5. The molecule has 3 fully saturated rings. The lowest BCUT2D eigenvalue weighted by Crippen LogP contribution is -2.55. The van der Waals surface area contributed by atoms with E-state index in [2.05, 4.69) is 21.7 Å². The van der Waals surface area contributed by atoms with E-state index in [-0.39, 0.29) is 18.0 Å². The number of aromatic nitrogens is 2. The number of piperidine rings is 2. The molecule has 2 bridgehead atoms. The second-order valence-corrected chi connectivity index (χ2v) is 8.50. The van der Waals surface area contributed by atoms with Gasteiger partial charge < -0.3 is 14.6 Å². The number of aliphatic hydroxyl groups is 1. The maximum Gasteiger partial charge on any atom is 0.237 e. The normalized spacial score (nSPS) is 35.0. The average Bonchev–Trinajstić information content (AvgIpc) is 3.17. The number of hydrogen-bond acceptors (Lipinski definition) is 4. The van der Waals surface area contributed by atoms with Gasteiger partial charge in [0.25, 0.3) is 0 Å². The van der Waals surface area contributed by atoms with E-state index >= 15 is 0 Å². The largest absolute Gasteiger partial charge is 0.382 e. The van der Waals surface area contributed by atoms with E-state index in [9.17, 15) is 9.90 Å². The highest BCUT2D eigenvalue weighted by atomic mass is 16.3. The number of rotatable bonds is 4. The van der Waals surface area contributed by atoms with Gasteiger partial charge in [-0.1, -0.05) is 6.92 Å². The third-order valence-electron chi connectivity index (χ3n) is 6.89. The van der Waals surface area contributed by atoms with Crippen LogP contribution < -0.4 is 0 Å². The maximum absolute atomic E-state index is 13.0. The van der Waals surface area contributed by atoms with Crippen LogP contribution in [0.5, 0.6) is 0 Å². The van der Waals surface area contributed by atoms with E-state index < -0.39 is 5.60 Å². The Labute approximate surface area is 156 Å². The summed E-state index contributed by atoms with van der Waals surface area (Å²) < 4.78 is 1.93. The van der Waals surface area contributed by atoms with Crippen molar-refractivity contribution in [1.82, 2.24) is 19.4 Å². The van der Waals surface area contributed by atoms with Gasteiger partial charge in [-0.15, -0.1) is 0 Å². The first-order valence-electron chi connectivity index (χ1n) is 10.3. The lowest BCUT2D eigenvalue weighted by atomic mass is 9.85. The fourth-order valence-corrected chi connectivity index (χ4v) is 5.57. The Hall–Kier alpha value is -1.40. The molecular weight excluding hydrogens is 328 g/mol. The maximum atomic E-state index is 13.0. The predicted octanol–water partition coefficient (Wildman–Crippen LogP) is 2.03. The first-order valence-corrected chi connectivity index (χ1v) is 10.3. The highest BCUT2D eigenvalue weighted by Gasteiger charge is 2.50. The highest BCUT2D eigenvalue weighted by molar-refractivity contribution is 5.79. The molecule has 144 valence electrons. The molecule has 3 aliphatic heterocycles. The van der Waals surface area contributed by atoms with E-state index in [1.165, 1.54) is 6.42 Å². The zero-order chi connectivity index (χ0) is 18.3. The third-order valence-corrected chi connectivity index (χ3v) is 6.89. The summed E-state index contributed by atoms with van der Waals surface area (Å²) in [4.78, 5) is 21.9. The molecule has 0 saturated carbocycles. The Morgan fingerprint density at radius 2 is 2.00 bits per heavy atom. The van der Waals surface area contributed by atoms with Crippen molar-refractivity contribution in [3.8, 4) is 0 Å². The number of fused-ring (bicyclic) bond motifs is 2. The molecule has 6 heteroatoms. The van der Waals surface area contributed by atoms with E-state index in [1.54, 1.807) is 6.20 Å². The Balaban J connectivity index is 1.45. The zero-order valence-corrected chi connectivity index (χ0v) is 16.1. The average molecular weight is 361 g/mol. The van der Waals surface area contributed by atoms with Gasteiger partial charge >= 0.3 is 0 Å². The predicted molar refractivity (Wildman–Crippen MR) is 99.5 cm³/mol. The molecule has 1 aromatic heterocycles. The number of nitrogens with zero attached hydrogens (tertiary/aromatic N) is 4. The van der Waals surface area contributed by atoms with Gasteiger partial charge in [-0.3, -0.25) is 9.69 Å². The summed E-state index contributed by atoms with van der Waals surface area (Å²) in [5, 5.41) is 11.3. The van der Waals surface area contributed by atoms with E-state index in [0.29, 0.717) is 25.4 Å². The van der Waals surface area contributed by atoms with Crippen molar-refractivity contribution >= 4 is 5.91 Å². The first kappa shape index (κ1) is 18.0. The van der Waals surface area contributed by atoms with Crippen molar-refractivity contribution in [2.24, 2.45) is 7.05 Å². The van der Waals surface area contributed by atoms with Crippen molar-refractivity contribution < 1.29 is 9.90 Å². The van der Waals surface area contributed by atoms with E-state index in [0.717, 1.165) is 44.5 Å². The SMILES string of the molecule is CC[C@@H]1CCCCN1C(=O)CN1[C@@H]2CC[C@@H]1CC(O)(c1nccn1C)C2. The number of amides is 1. The number of aryl methyl sites for hydroxylation is 1. The summed E-state index contributed by atoms with van der Waals surface area (Å²) in [6, 6.07) is 0.983. The second-order valence-electron chi connectivity index (χ2n) is 8.50. The molecule has 26 heavy (non-hydrogen) atoms. The van der Waals surface area contributed by atoms with Crippen LogP contribution in [0.4, 0.5) is 0 Å². The van der Waals surface area contributed by atoms with Crippen LogP contribution in [-0.4, -0.2) is 61.6 Å². The van der Waals surface area contributed by atoms with Crippen LogP contribution in [0.1, 0.15) is 64.1 Å². The molecule has 3 saturated heterocycles. The third kappa shape index (κ3) is 3.07. The minimum Gasteiger partial charge on any atom is -0.382 e. The summed E-state index contributed by atoms with van der Waals surface area (Å²) >= 11 is 0. The highest BCUT2D eigenvalue weighted by Crippen LogP contribution is 2.45. The van der Waals surface area contributed by atoms with Crippen molar-refractivity contribution in [2.45, 2.75) is 82.0 Å². The van der Waals surface area contributed by atoms with Gasteiger partial charge in [0.1, 0.15) is 11.4 Å². The molecule has 0 aliphatic carbocycles. The van der Waals surface area contributed by atoms with Crippen molar-refractivity contribution in [1.29, 1.82) is 0 Å². The van der Waals surface area contributed by atoms with Gasteiger partial charge in [-0.05, 0) is 51.4 Å². The number of imidazole rings is 1. The fraction of sp³-hybridized carbons (Fsp3) is 0.800. The van der Waals surface area contributed by atoms with Crippen LogP contribution in [0.3, 0.4) is 0 Å². The molecule has 0 aromatic carbocycles. The van der Waals surface area contributed by atoms with Gasteiger partial charge in [0.2, 0.25) is 5.91 Å². The fourth-order valence-electron chi connectivity index (χ4n) is 5.57. The molecule has 1 N–H and O–H groups in total. The molecule has 6 nitrogen and oxygen atoms in total. The van der Waals surface area contributed by atoms with Crippen LogP contribution in [0.25, 0.3) is 0 Å². The monoisotopic (exact) mass is 360 g/mol.